The molecule has 0 aliphatic rings. The summed E-state index contributed by atoms with van der Waals surface area (Å²) in [6.45, 7) is 6.35. The molecule has 0 saturated carbocycles. The summed E-state index contributed by atoms with van der Waals surface area (Å²) in [5.74, 6) is -0.331. The third-order valence-electron chi connectivity index (χ3n) is 2.41. The molecule has 0 heterocycles. The molecule has 1 N–H and O–H groups in total. The van der Waals surface area contributed by atoms with E-state index in [0.717, 1.165) is 12.8 Å². The molecule has 0 unspecified atom stereocenters. The lowest BCUT2D eigenvalue weighted by atomic mass is 9.96. The summed E-state index contributed by atoms with van der Waals surface area (Å²) in [4.78, 5) is 10.7. The molecule has 3 nitrogen and oxygen atoms in total. The normalized spacial score (nSPS) is 11.7. The number of carbonyl (C=O) groups is 1. The van der Waals surface area contributed by atoms with E-state index in [1.807, 2.05) is 0 Å². The smallest absolute Gasteiger partial charge is 0.331 e. The largest absolute Gasteiger partial charge is 0.466 e. The summed E-state index contributed by atoms with van der Waals surface area (Å²) in [6.07, 6.45) is 5.09. The lowest BCUT2D eigenvalue weighted by Crippen LogP contribution is -2.37. The molecule has 0 aromatic rings. The van der Waals surface area contributed by atoms with E-state index in [1.54, 1.807) is 6.20 Å². The molecule has 0 aliphatic carbocycles. The van der Waals surface area contributed by atoms with Crippen molar-refractivity contribution in [2.24, 2.45) is 0 Å². The third-order valence-corrected chi connectivity index (χ3v) is 2.41. The van der Waals surface area contributed by atoms with Gasteiger partial charge in [0, 0.05) is 17.8 Å². The van der Waals surface area contributed by atoms with Crippen LogP contribution >= 0.6 is 0 Å². The molecular formula is C10H19NO2. The SMILES string of the molecule is CCC(C)(CC)N/C=C/C(=O)OC. The molecule has 0 atom stereocenters. The standard InChI is InChI=1S/C10H19NO2/c1-5-10(3,6-2)11-8-7-9(12)13-4/h7-8,11H,5-6H2,1-4H3/b8-7+. The van der Waals surface area contributed by atoms with Gasteiger partial charge in [0.05, 0.1) is 7.11 Å². The van der Waals surface area contributed by atoms with E-state index < -0.39 is 0 Å². The van der Waals surface area contributed by atoms with Crippen LogP contribution in [-0.2, 0) is 9.53 Å². The van der Waals surface area contributed by atoms with Crippen LogP contribution in [0.2, 0.25) is 0 Å². The maximum absolute atomic E-state index is 10.7. The fourth-order valence-corrected chi connectivity index (χ4v) is 0.833. The van der Waals surface area contributed by atoms with Gasteiger partial charge in [-0.2, -0.15) is 0 Å². The molecule has 0 amide bonds. The monoisotopic (exact) mass is 185 g/mol. The molecule has 0 bridgehead atoms. The van der Waals surface area contributed by atoms with E-state index >= 15 is 0 Å². The number of rotatable bonds is 5. The average molecular weight is 185 g/mol. The van der Waals surface area contributed by atoms with E-state index in [9.17, 15) is 4.79 Å². The van der Waals surface area contributed by atoms with Crippen molar-refractivity contribution < 1.29 is 9.53 Å². The molecule has 0 rings (SSSR count). The van der Waals surface area contributed by atoms with E-state index in [4.69, 9.17) is 0 Å². The molecule has 0 radical (unpaired) electrons. The fourth-order valence-electron chi connectivity index (χ4n) is 0.833. The van der Waals surface area contributed by atoms with Crippen LogP contribution in [0.15, 0.2) is 12.3 Å². The third kappa shape index (κ3) is 4.55. The average Bonchev–Trinajstić information content (AvgIpc) is 2.17. The summed E-state index contributed by atoms with van der Waals surface area (Å²) in [5.41, 5.74) is 0.0739. The zero-order valence-corrected chi connectivity index (χ0v) is 8.89. The van der Waals surface area contributed by atoms with Gasteiger partial charge >= 0.3 is 5.97 Å². The fraction of sp³-hybridized carbons (Fsp3) is 0.700. The predicted molar refractivity (Wildman–Crippen MR) is 53.3 cm³/mol. The van der Waals surface area contributed by atoms with Crippen LogP contribution in [0, 0.1) is 0 Å². The Morgan fingerprint density at radius 2 is 2.00 bits per heavy atom. The molecular weight excluding hydrogens is 166 g/mol. The quantitative estimate of drug-likeness (QED) is 0.524. The van der Waals surface area contributed by atoms with Crippen molar-refractivity contribution in [2.75, 3.05) is 7.11 Å². The van der Waals surface area contributed by atoms with Gasteiger partial charge in [0.2, 0.25) is 0 Å². The predicted octanol–water partition coefficient (Wildman–Crippen LogP) is 1.84. The van der Waals surface area contributed by atoms with Crippen LogP contribution in [0.4, 0.5) is 0 Å². The van der Waals surface area contributed by atoms with E-state index in [2.05, 4.69) is 30.8 Å². The van der Waals surface area contributed by atoms with Crippen LogP contribution < -0.4 is 5.32 Å². The Labute approximate surface area is 80.2 Å². The van der Waals surface area contributed by atoms with E-state index in [1.165, 1.54) is 13.2 Å². The Balaban J connectivity index is 3.98. The molecule has 0 spiro atoms. The molecule has 0 aliphatic heterocycles. The van der Waals surface area contributed by atoms with Crippen LogP contribution in [0.25, 0.3) is 0 Å². The molecule has 3 heteroatoms. The van der Waals surface area contributed by atoms with Gasteiger partial charge in [-0.1, -0.05) is 13.8 Å². The summed E-state index contributed by atoms with van der Waals surface area (Å²) < 4.78 is 4.47. The number of methoxy groups -OCH3 is 1. The Bertz CT molecular complexity index is 183. The van der Waals surface area contributed by atoms with E-state index in [-0.39, 0.29) is 11.5 Å². The molecule has 0 aromatic carbocycles. The summed E-state index contributed by atoms with van der Waals surface area (Å²) in [7, 11) is 1.37. The minimum absolute atomic E-state index is 0.0739. The van der Waals surface area contributed by atoms with Gasteiger partial charge in [-0.05, 0) is 19.8 Å². The minimum atomic E-state index is -0.331. The van der Waals surface area contributed by atoms with Crippen molar-refractivity contribution in [3.63, 3.8) is 0 Å². The number of hydrogen-bond donors (Lipinski definition) is 1. The first-order chi connectivity index (χ1) is 6.08. The van der Waals surface area contributed by atoms with Gasteiger partial charge in [-0.3, -0.25) is 0 Å². The molecule has 13 heavy (non-hydrogen) atoms. The Hall–Kier alpha value is -0.990. The number of hydrogen-bond acceptors (Lipinski definition) is 3. The first-order valence-electron chi connectivity index (χ1n) is 4.60. The van der Waals surface area contributed by atoms with Gasteiger partial charge in [0.25, 0.3) is 0 Å². The van der Waals surface area contributed by atoms with Crippen LogP contribution in [-0.4, -0.2) is 18.6 Å². The summed E-state index contributed by atoms with van der Waals surface area (Å²) in [5, 5.41) is 3.18. The van der Waals surface area contributed by atoms with Crippen molar-refractivity contribution in [1.29, 1.82) is 0 Å². The van der Waals surface area contributed by atoms with Crippen molar-refractivity contribution in [3.8, 4) is 0 Å². The zero-order chi connectivity index (χ0) is 10.3. The second-order valence-electron chi connectivity index (χ2n) is 3.27. The highest BCUT2D eigenvalue weighted by Gasteiger charge is 2.16. The summed E-state index contributed by atoms with van der Waals surface area (Å²) >= 11 is 0. The highest BCUT2D eigenvalue weighted by atomic mass is 16.5. The van der Waals surface area contributed by atoms with Gasteiger partial charge < -0.3 is 10.1 Å². The van der Waals surface area contributed by atoms with E-state index in [0.29, 0.717) is 0 Å². The number of ether oxygens (including phenoxy) is 1. The Kier molecular flexibility index (Phi) is 5.19. The number of carbonyl (C=O) groups excluding carboxylic acids is 1. The van der Waals surface area contributed by atoms with Crippen molar-refractivity contribution in [2.45, 2.75) is 39.2 Å². The highest BCUT2D eigenvalue weighted by molar-refractivity contribution is 5.81. The maximum atomic E-state index is 10.7. The van der Waals surface area contributed by atoms with Crippen LogP contribution in [0.5, 0.6) is 0 Å². The zero-order valence-electron chi connectivity index (χ0n) is 8.89. The number of esters is 1. The lowest BCUT2D eigenvalue weighted by molar-refractivity contribution is -0.134. The molecule has 0 saturated heterocycles. The Morgan fingerprint density at radius 3 is 2.38 bits per heavy atom. The second kappa shape index (κ2) is 5.62. The Morgan fingerprint density at radius 1 is 1.46 bits per heavy atom. The lowest BCUT2D eigenvalue weighted by Gasteiger charge is -2.27. The van der Waals surface area contributed by atoms with Crippen molar-refractivity contribution in [3.05, 3.63) is 12.3 Å². The summed E-state index contributed by atoms with van der Waals surface area (Å²) in [6, 6.07) is 0. The molecule has 76 valence electrons. The van der Waals surface area contributed by atoms with Crippen molar-refractivity contribution in [1.82, 2.24) is 5.32 Å². The first-order valence-corrected chi connectivity index (χ1v) is 4.60. The minimum Gasteiger partial charge on any atom is -0.466 e. The molecule has 0 fully saturated rings. The van der Waals surface area contributed by atoms with Crippen LogP contribution in [0.3, 0.4) is 0 Å². The topological polar surface area (TPSA) is 38.3 Å². The van der Waals surface area contributed by atoms with Gasteiger partial charge in [-0.25, -0.2) is 4.79 Å². The van der Waals surface area contributed by atoms with Gasteiger partial charge in [0.1, 0.15) is 0 Å². The van der Waals surface area contributed by atoms with Crippen LogP contribution in [0.1, 0.15) is 33.6 Å². The molecule has 0 aromatic heterocycles. The number of nitrogens with one attached hydrogen (secondary N) is 1. The van der Waals surface area contributed by atoms with Gasteiger partial charge in [0.15, 0.2) is 0 Å². The highest BCUT2D eigenvalue weighted by Crippen LogP contribution is 2.12. The maximum Gasteiger partial charge on any atom is 0.331 e. The van der Waals surface area contributed by atoms with Gasteiger partial charge in [-0.15, -0.1) is 0 Å². The van der Waals surface area contributed by atoms with Crippen molar-refractivity contribution >= 4 is 5.97 Å². The second-order valence-corrected chi connectivity index (χ2v) is 3.27. The first kappa shape index (κ1) is 12.0.